The van der Waals surface area contributed by atoms with Gasteiger partial charge in [-0.05, 0) is 6.07 Å². The van der Waals surface area contributed by atoms with Gasteiger partial charge in [0.25, 0.3) is 0 Å². The molecule has 0 N–H and O–H groups in total. The van der Waals surface area contributed by atoms with Crippen LogP contribution < -0.4 is 4.74 Å². The first-order valence-corrected chi connectivity index (χ1v) is 4.28. The van der Waals surface area contributed by atoms with Crippen LogP contribution in [0.25, 0.3) is 0 Å². The monoisotopic (exact) mass is 206 g/mol. The van der Waals surface area contributed by atoms with Gasteiger partial charge in [-0.15, -0.1) is 12.3 Å². The van der Waals surface area contributed by atoms with E-state index in [1.165, 1.54) is 12.3 Å². The Kier molecular flexibility index (Phi) is 3.79. The van der Waals surface area contributed by atoms with E-state index in [-0.39, 0.29) is 10.9 Å². The number of nitriles is 1. The molecule has 14 heavy (non-hydrogen) atoms. The first-order chi connectivity index (χ1) is 6.79. The van der Waals surface area contributed by atoms with E-state index in [1.807, 2.05) is 6.07 Å². The van der Waals surface area contributed by atoms with Crippen LogP contribution in [-0.4, -0.2) is 11.6 Å². The largest absolute Gasteiger partial charge is 0.476 e. The van der Waals surface area contributed by atoms with Crippen LogP contribution in [0.3, 0.4) is 0 Å². The van der Waals surface area contributed by atoms with Crippen molar-refractivity contribution >= 4 is 11.6 Å². The first kappa shape index (κ1) is 10.4. The lowest BCUT2D eigenvalue weighted by molar-refractivity contribution is 0.314. The molecular formula is C10H7ClN2O. The number of rotatable bonds is 3. The zero-order valence-electron chi connectivity index (χ0n) is 7.33. The normalized spacial score (nSPS) is 8.79. The Morgan fingerprint density at radius 2 is 2.43 bits per heavy atom. The molecule has 1 heterocycles. The number of halogens is 1. The number of hydrogen-bond donors (Lipinski definition) is 0. The molecule has 1 rings (SSSR count). The predicted molar refractivity (Wildman–Crippen MR) is 52.9 cm³/mol. The number of terminal acetylenes is 1. The molecule has 0 saturated heterocycles. The van der Waals surface area contributed by atoms with Gasteiger partial charge in [-0.2, -0.15) is 5.26 Å². The summed E-state index contributed by atoms with van der Waals surface area (Å²) in [5, 5.41) is 8.89. The third-order valence-corrected chi connectivity index (χ3v) is 1.83. The molecule has 70 valence electrons. The van der Waals surface area contributed by atoms with Crippen molar-refractivity contribution in [1.82, 2.24) is 4.98 Å². The molecule has 0 atom stereocenters. The number of nitrogens with zero attached hydrogens (tertiary/aromatic N) is 2. The fourth-order valence-corrected chi connectivity index (χ4v) is 1.03. The summed E-state index contributed by atoms with van der Waals surface area (Å²) in [4.78, 5) is 3.88. The summed E-state index contributed by atoms with van der Waals surface area (Å²) in [6, 6.07) is 3.46. The van der Waals surface area contributed by atoms with Gasteiger partial charge in [0.05, 0.1) is 5.56 Å². The van der Waals surface area contributed by atoms with Crippen molar-refractivity contribution < 1.29 is 4.74 Å². The van der Waals surface area contributed by atoms with Crippen LogP contribution in [-0.2, 0) is 0 Å². The topological polar surface area (TPSA) is 45.9 Å². The summed E-state index contributed by atoms with van der Waals surface area (Å²) >= 11 is 5.83. The molecule has 0 amide bonds. The van der Waals surface area contributed by atoms with Gasteiger partial charge < -0.3 is 4.74 Å². The molecule has 3 nitrogen and oxygen atoms in total. The minimum atomic E-state index is 0.229. The molecule has 0 saturated carbocycles. The smallest absolute Gasteiger partial charge is 0.233 e. The Labute approximate surface area is 87.3 Å². The van der Waals surface area contributed by atoms with Crippen LogP contribution in [0.5, 0.6) is 5.88 Å². The number of hydrogen-bond acceptors (Lipinski definition) is 3. The molecule has 0 bridgehead atoms. The van der Waals surface area contributed by atoms with Crippen molar-refractivity contribution in [3.8, 4) is 24.3 Å². The Bertz CT molecular complexity index is 404. The molecular weight excluding hydrogens is 200 g/mol. The van der Waals surface area contributed by atoms with Gasteiger partial charge in [-0.1, -0.05) is 11.6 Å². The molecule has 0 unspecified atom stereocenters. The van der Waals surface area contributed by atoms with Crippen molar-refractivity contribution in [1.29, 1.82) is 5.26 Å². The van der Waals surface area contributed by atoms with Crippen LogP contribution in [0, 0.1) is 23.7 Å². The van der Waals surface area contributed by atoms with E-state index in [0.29, 0.717) is 18.6 Å². The Hall–Kier alpha value is -1.71. The van der Waals surface area contributed by atoms with E-state index in [4.69, 9.17) is 28.0 Å². The molecule has 1 aromatic heterocycles. The van der Waals surface area contributed by atoms with Gasteiger partial charge in [0.1, 0.15) is 17.7 Å². The van der Waals surface area contributed by atoms with E-state index in [9.17, 15) is 0 Å². The van der Waals surface area contributed by atoms with Crippen molar-refractivity contribution in [3.05, 3.63) is 22.8 Å². The molecule has 4 heteroatoms. The van der Waals surface area contributed by atoms with E-state index in [1.54, 1.807) is 0 Å². The summed E-state index contributed by atoms with van der Waals surface area (Å²) < 4.78 is 5.18. The molecule has 0 aliphatic rings. The van der Waals surface area contributed by atoms with Gasteiger partial charge >= 0.3 is 0 Å². The fraction of sp³-hybridized carbons (Fsp3) is 0.200. The van der Waals surface area contributed by atoms with E-state index < -0.39 is 0 Å². The molecule has 0 spiro atoms. The second-order valence-corrected chi connectivity index (χ2v) is 2.77. The molecule has 0 aromatic carbocycles. The van der Waals surface area contributed by atoms with Crippen LogP contribution in [0.2, 0.25) is 5.02 Å². The second kappa shape index (κ2) is 5.11. The van der Waals surface area contributed by atoms with Crippen molar-refractivity contribution in [2.75, 3.05) is 6.61 Å². The standard InChI is InChI=1S/C10H7ClN2O/c1-2-3-6-14-10-9(11)8(7-12)4-5-13-10/h1,4-5H,3,6H2. The summed E-state index contributed by atoms with van der Waals surface area (Å²) in [6.07, 6.45) is 7.00. The third kappa shape index (κ3) is 2.39. The lowest BCUT2D eigenvalue weighted by atomic mass is 10.3. The molecule has 1 aromatic rings. The van der Waals surface area contributed by atoms with Gasteiger partial charge in [-0.3, -0.25) is 0 Å². The summed E-state index contributed by atoms with van der Waals surface area (Å²) in [5.41, 5.74) is 0.345. The maximum absolute atomic E-state index is 8.66. The number of aromatic nitrogens is 1. The highest BCUT2D eigenvalue weighted by Crippen LogP contribution is 2.24. The number of pyridine rings is 1. The van der Waals surface area contributed by atoms with Crippen LogP contribution >= 0.6 is 11.6 Å². The van der Waals surface area contributed by atoms with Crippen LogP contribution in [0.4, 0.5) is 0 Å². The van der Waals surface area contributed by atoms with E-state index in [2.05, 4.69) is 10.9 Å². The van der Waals surface area contributed by atoms with E-state index in [0.717, 1.165) is 0 Å². The fourth-order valence-electron chi connectivity index (χ4n) is 0.818. The third-order valence-electron chi connectivity index (χ3n) is 1.46. The highest BCUT2D eigenvalue weighted by Gasteiger charge is 2.07. The van der Waals surface area contributed by atoms with Gasteiger partial charge in [-0.25, -0.2) is 4.98 Å². The summed E-state index contributed by atoms with van der Waals surface area (Å²) in [5.74, 6) is 2.68. The van der Waals surface area contributed by atoms with Crippen molar-refractivity contribution in [3.63, 3.8) is 0 Å². The minimum absolute atomic E-state index is 0.229. The molecule has 0 aliphatic heterocycles. The predicted octanol–water partition coefficient (Wildman–Crippen LogP) is 2.01. The van der Waals surface area contributed by atoms with Crippen LogP contribution in [0.15, 0.2) is 12.3 Å². The SMILES string of the molecule is C#CCCOc1nccc(C#N)c1Cl. The zero-order valence-corrected chi connectivity index (χ0v) is 8.08. The van der Waals surface area contributed by atoms with Crippen molar-refractivity contribution in [2.24, 2.45) is 0 Å². The molecule has 0 aliphatic carbocycles. The second-order valence-electron chi connectivity index (χ2n) is 2.39. The van der Waals surface area contributed by atoms with Gasteiger partial charge in [0.15, 0.2) is 0 Å². The van der Waals surface area contributed by atoms with Gasteiger partial charge in [0.2, 0.25) is 5.88 Å². The highest BCUT2D eigenvalue weighted by molar-refractivity contribution is 6.32. The Morgan fingerprint density at radius 1 is 1.64 bits per heavy atom. The zero-order chi connectivity index (χ0) is 10.4. The lowest BCUT2D eigenvalue weighted by Crippen LogP contribution is -1.99. The van der Waals surface area contributed by atoms with E-state index >= 15 is 0 Å². The molecule has 0 radical (unpaired) electrons. The highest BCUT2D eigenvalue weighted by atomic mass is 35.5. The van der Waals surface area contributed by atoms with Crippen LogP contribution in [0.1, 0.15) is 12.0 Å². The maximum atomic E-state index is 8.66. The average Bonchev–Trinajstić information content (AvgIpc) is 2.21. The quantitative estimate of drug-likeness (QED) is 0.562. The van der Waals surface area contributed by atoms with Crippen molar-refractivity contribution in [2.45, 2.75) is 6.42 Å². The Morgan fingerprint density at radius 3 is 3.07 bits per heavy atom. The van der Waals surface area contributed by atoms with Gasteiger partial charge in [0, 0.05) is 12.6 Å². The minimum Gasteiger partial charge on any atom is -0.476 e. The average molecular weight is 207 g/mol. The summed E-state index contributed by atoms with van der Waals surface area (Å²) in [7, 11) is 0. The summed E-state index contributed by atoms with van der Waals surface area (Å²) in [6.45, 7) is 0.345. The first-order valence-electron chi connectivity index (χ1n) is 3.90. The maximum Gasteiger partial charge on any atom is 0.233 e. The Balaban J connectivity index is 2.79. The molecule has 0 fully saturated rings. The lowest BCUT2D eigenvalue weighted by Gasteiger charge is -2.04. The number of ether oxygens (including phenoxy) is 1.